The molecule has 1 aliphatic heterocycles. The summed E-state index contributed by atoms with van der Waals surface area (Å²) >= 11 is 1.65. The van der Waals surface area contributed by atoms with E-state index in [9.17, 15) is 9.59 Å². The second-order valence-corrected chi connectivity index (χ2v) is 7.71. The van der Waals surface area contributed by atoms with Gasteiger partial charge >= 0.3 is 6.09 Å². The van der Waals surface area contributed by atoms with Gasteiger partial charge in [-0.2, -0.15) is 0 Å². The molecule has 1 fully saturated rings. The lowest BCUT2D eigenvalue weighted by atomic mass is 10.0. The molecular weight excluding hydrogens is 310 g/mol. The van der Waals surface area contributed by atoms with Crippen LogP contribution in [0.2, 0.25) is 0 Å². The fourth-order valence-corrected chi connectivity index (χ4v) is 3.13. The molecule has 0 bridgehead atoms. The Balaban J connectivity index is 2.00. The number of ether oxygens (including phenoxy) is 1. The zero-order valence-corrected chi connectivity index (χ0v) is 15.1. The van der Waals surface area contributed by atoms with Gasteiger partial charge in [-0.25, -0.2) is 4.79 Å². The molecule has 0 unspecified atom stereocenters. The highest BCUT2D eigenvalue weighted by molar-refractivity contribution is 7.98. The number of carbonyl (C=O) groups is 2. The second kappa shape index (κ2) is 7.39. The van der Waals surface area contributed by atoms with Gasteiger partial charge in [0.25, 0.3) is 0 Å². The van der Waals surface area contributed by atoms with Crippen molar-refractivity contribution in [3.63, 3.8) is 0 Å². The highest BCUT2D eigenvalue weighted by Crippen LogP contribution is 2.25. The molecule has 1 aromatic rings. The number of rotatable bonds is 4. The van der Waals surface area contributed by atoms with Crippen molar-refractivity contribution < 1.29 is 14.3 Å². The number of thioether (sulfide) groups is 1. The Morgan fingerprint density at radius 1 is 1.26 bits per heavy atom. The summed E-state index contributed by atoms with van der Waals surface area (Å²) in [5.41, 5.74) is 0.195. The molecule has 0 saturated carbocycles. The minimum absolute atomic E-state index is 0.0578. The predicted octanol–water partition coefficient (Wildman–Crippen LogP) is 4.38. The van der Waals surface area contributed by atoms with E-state index in [1.807, 2.05) is 51.3 Å². The van der Waals surface area contributed by atoms with Crippen LogP contribution in [-0.2, 0) is 4.74 Å². The summed E-state index contributed by atoms with van der Waals surface area (Å²) in [6.07, 6.45) is 3.83. The molecule has 4 nitrogen and oxygen atoms in total. The monoisotopic (exact) mass is 335 g/mol. The lowest BCUT2D eigenvalue weighted by molar-refractivity contribution is 0.0223. The van der Waals surface area contributed by atoms with Gasteiger partial charge in [0, 0.05) is 29.5 Å². The number of nitrogens with zero attached hydrogens (tertiary/aromatic N) is 1. The Hall–Kier alpha value is -1.49. The highest BCUT2D eigenvalue weighted by Gasteiger charge is 2.33. The maximum Gasteiger partial charge on any atom is 0.410 e. The van der Waals surface area contributed by atoms with Crippen molar-refractivity contribution in [2.75, 3.05) is 12.8 Å². The number of hydrogen-bond donors (Lipinski definition) is 0. The van der Waals surface area contributed by atoms with E-state index in [1.165, 1.54) is 0 Å². The van der Waals surface area contributed by atoms with Gasteiger partial charge in [0.05, 0.1) is 0 Å². The Labute approximate surface area is 142 Å². The molecule has 2 rings (SSSR count). The zero-order valence-electron chi connectivity index (χ0n) is 14.3. The van der Waals surface area contributed by atoms with Gasteiger partial charge < -0.3 is 9.64 Å². The van der Waals surface area contributed by atoms with Crippen LogP contribution in [-0.4, -0.2) is 41.2 Å². The van der Waals surface area contributed by atoms with Crippen molar-refractivity contribution in [3.8, 4) is 0 Å². The average molecular weight is 335 g/mol. The molecular formula is C18H25NO3S. The standard InChI is InChI=1S/C18H25NO3S/c1-18(2,3)22-17(21)19-11-5-6-14(19)12-16(20)13-7-9-15(23-4)10-8-13/h7-10,14H,5-6,11-12H2,1-4H3/t14-/m0/s1. The van der Waals surface area contributed by atoms with E-state index in [-0.39, 0.29) is 17.9 Å². The molecule has 126 valence electrons. The number of Topliss-reactive ketones (excluding diaryl/α,β-unsaturated/α-hetero) is 1. The molecule has 1 atom stereocenters. The Kier molecular flexibility index (Phi) is 5.74. The van der Waals surface area contributed by atoms with E-state index in [2.05, 4.69) is 0 Å². The molecule has 1 aliphatic rings. The van der Waals surface area contributed by atoms with Crippen LogP contribution in [0.15, 0.2) is 29.2 Å². The third-order valence-electron chi connectivity index (χ3n) is 3.84. The maximum atomic E-state index is 12.5. The Morgan fingerprint density at radius 3 is 2.48 bits per heavy atom. The van der Waals surface area contributed by atoms with Crippen molar-refractivity contribution in [1.29, 1.82) is 0 Å². The molecule has 1 aromatic carbocycles. The third-order valence-corrected chi connectivity index (χ3v) is 4.58. The Bertz CT molecular complexity index is 563. The summed E-state index contributed by atoms with van der Waals surface area (Å²) in [5, 5.41) is 0. The summed E-state index contributed by atoms with van der Waals surface area (Å²) in [6.45, 7) is 6.23. The zero-order chi connectivity index (χ0) is 17.0. The first-order chi connectivity index (χ1) is 10.8. The van der Waals surface area contributed by atoms with Crippen molar-refractivity contribution in [3.05, 3.63) is 29.8 Å². The predicted molar refractivity (Wildman–Crippen MR) is 93.1 cm³/mol. The van der Waals surface area contributed by atoms with Gasteiger partial charge in [0.2, 0.25) is 0 Å². The summed E-state index contributed by atoms with van der Waals surface area (Å²) < 4.78 is 5.44. The van der Waals surface area contributed by atoms with Crippen LogP contribution in [0, 0.1) is 0 Å². The quantitative estimate of drug-likeness (QED) is 0.605. The molecule has 1 heterocycles. The highest BCUT2D eigenvalue weighted by atomic mass is 32.2. The fraction of sp³-hybridized carbons (Fsp3) is 0.556. The van der Waals surface area contributed by atoms with E-state index in [0.29, 0.717) is 18.5 Å². The largest absolute Gasteiger partial charge is 0.444 e. The summed E-state index contributed by atoms with van der Waals surface area (Å²) in [6, 6.07) is 7.58. The van der Waals surface area contributed by atoms with Crippen molar-refractivity contribution in [2.24, 2.45) is 0 Å². The van der Waals surface area contributed by atoms with Crippen LogP contribution >= 0.6 is 11.8 Å². The fourth-order valence-electron chi connectivity index (χ4n) is 2.72. The molecule has 0 aromatic heterocycles. The molecule has 5 heteroatoms. The number of amides is 1. The van der Waals surface area contributed by atoms with Gasteiger partial charge in [-0.1, -0.05) is 12.1 Å². The van der Waals surface area contributed by atoms with Crippen LogP contribution < -0.4 is 0 Å². The first kappa shape index (κ1) is 17.9. The molecule has 0 N–H and O–H groups in total. The average Bonchev–Trinajstić information content (AvgIpc) is 2.94. The van der Waals surface area contributed by atoms with E-state index in [1.54, 1.807) is 16.7 Å². The normalized spacial score (nSPS) is 18.1. The van der Waals surface area contributed by atoms with Gasteiger partial charge in [-0.3, -0.25) is 4.79 Å². The summed E-state index contributed by atoms with van der Waals surface area (Å²) in [5.74, 6) is 0.0816. The first-order valence-corrected chi connectivity index (χ1v) is 9.19. The molecule has 1 amide bonds. The van der Waals surface area contributed by atoms with Gasteiger partial charge in [-0.05, 0) is 52.0 Å². The van der Waals surface area contributed by atoms with E-state index >= 15 is 0 Å². The van der Waals surface area contributed by atoms with Crippen molar-refractivity contribution in [2.45, 2.75) is 56.6 Å². The van der Waals surface area contributed by atoms with Gasteiger partial charge in [-0.15, -0.1) is 11.8 Å². The molecule has 1 saturated heterocycles. The van der Waals surface area contributed by atoms with Crippen LogP contribution in [0.4, 0.5) is 4.79 Å². The number of benzene rings is 1. The maximum absolute atomic E-state index is 12.5. The van der Waals surface area contributed by atoms with Crippen LogP contribution in [0.25, 0.3) is 0 Å². The lowest BCUT2D eigenvalue weighted by Gasteiger charge is -2.28. The Morgan fingerprint density at radius 2 is 1.91 bits per heavy atom. The molecule has 0 spiro atoms. The van der Waals surface area contributed by atoms with E-state index in [4.69, 9.17) is 4.74 Å². The van der Waals surface area contributed by atoms with Crippen LogP contribution in [0.3, 0.4) is 0 Å². The summed E-state index contributed by atoms with van der Waals surface area (Å²) in [7, 11) is 0. The van der Waals surface area contributed by atoms with E-state index < -0.39 is 5.60 Å². The molecule has 0 radical (unpaired) electrons. The van der Waals surface area contributed by atoms with E-state index in [0.717, 1.165) is 17.7 Å². The van der Waals surface area contributed by atoms with Crippen molar-refractivity contribution in [1.82, 2.24) is 4.90 Å². The SMILES string of the molecule is CSc1ccc(C(=O)C[C@@H]2CCCN2C(=O)OC(C)(C)C)cc1. The molecule has 0 aliphatic carbocycles. The number of hydrogen-bond acceptors (Lipinski definition) is 4. The number of ketones is 1. The third kappa shape index (κ3) is 4.99. The van der Waals surface area contributed by atoms with Gasteiger partial charge in [0.15, 0.2) is 5.78 Å². The van der Waals surface area contributed by atoms with Gasteiger partial charge in [0.1, 0.15) is 5.60 Å². The van der Waals surface area contributed by atoms with Crippen LogP contribution in [0.1, 0.15) is 50.4 Å². The minimum Gasteiger partial charge on any atom is -0.444 e. The number of likely N-dealkylation sites (tertiary alicyclic amines) is 1. The lowest BCUT2D eigenvalue weighted by Crippen LogP contribution is -2.40. The van der Waals surface area contributed by atoms with Crippen LogP contribution in [0.5, 0.6) is 0 Å². The summed E-state index contributed by atoms with van der Waals surface area (Å²) in [4.78, 5) is 27.6. The molecule has 23 heavy (non-hydrogen) atoms. The second-order valence-electron chi connectivity index (χ2n) is 6.83. The smallest absolute Gasteiger partial charge is 0.410 e. The van der Waals surface area contributed by atoms with Crippen molar-refractivity contribution >= 4 is 23.6 Å². The minimum atomic E-state index is -0.512. The first-order valence-electron chi connectivity index (χ1n) is 7.97. The topological polar surface area (TPSA) is 46.6 Å². The number of carbonyl (C=O) groups excluding carboxylic acids is 2.